The fourth-order valence-electron chi connectivity index (χ4n) is 6.58. The van der Waals surface area contributed by atoms with Gasteiger partial charge in [0.05, 0.1) is 12.5 Å². The van der Waals surface area contributed by atoms with Crippen molar-refractivity contribution in [2.45, 2.75) is 71.6 Å². The molecule has 0 bridgehead atoms. The van der Waals surface area contributed by atoms with Gasteiger partial charge in [-0.05, 0) is 66.0 Å². The van der Waals surface area contributed by atoms with E-state index in [1.165, 1.54) is 0 Å². The number of carbonyl (C=O) groups is 2. The van der Waals surface area contributed by atoms with Crippen LogP contribution in [0.25, 0.3) is 0 Å². The van der Waals surface area contributed by atoms with Crippen LogP contribution in [0.3, 0.4) is 0 Å². The van der Waals surface area contributed by atoms with E-state index in [9.17, 15) is 14.7 Å². The smallest absolute Gasteiger partial charge is 0.224 e. The van der Waals surface area contributed by atoms with Crippen molar-refractivity contribution in [1.82, 2.24) is 15.6 Å². The van der Waals surface area contributed by atoms with Gasteiger partial charge in [0.2, 0.25) is 11.8 Å². The third-order valence-electron chi connectivity index (χ3n) is 8.69. The number of aliphatic hydroxyl groups excluding tert-OH is 1. The molecule has 1 unspecified atom stereocenters. The molecule has 1 heterocycles. The fourth-order valence-corrected chi connectivity index (χ4v) is 6.58. The van der Waals surface area contributed by atoms with Crippen molar-refractivity contribution in [3.05, 3.63) is 66.0 Å². The van der Waals surface area contributed by atoms with Gasteiger partial charge in [-0.2, -0.15) is 0 Å². The molecule has 0 radical (unpaired) electrons. The Hall–Kier alpha value is -2.73. The molecule has 35 heavy (non-hydrogen) atoms. The maximum Gasteiger partial charge on any atom is 0.224 e. The summed E-state index contributed by atoms with van der Waals surface area (Å²) in [6.07, 6.45) is 7.00. The SMILES string of the molecule is C[C@H]1[C@@H]2[C@@H](O)C([C@H](C)C(=O)NCc3cccnc3)CC[C@@]2(C)CC[C@@H]1NC(=O)Cc1ccccc1. The van der Waals surface area contributed by atoms with E-state index in [1.54, 1.807) is 12.4 Å². The highest BCUT2D eigenvalue weighted by atomic mass is 16.3. The van der Waals surface area contributed by atoms with Crippen molar-refractivity contribution in [2.24, 2.45) is 29.1 Å². The molecular formula is C29H39N3O3. The van der Waals surface area contributed by atoms with Gasteiger partial charge in [0, 0.05) is 30.9 Å². The molecule has 6 nitrogen and oxygen atoms in total. The number of pyridine rings is 1. The quantitative estimate of drug-likeness (QED) is 0.564. The van der Waals surface area contributed by atoms with E-state index in [1.807, 2.05) is 49.4 Å². The van der Waals surface area contributed by atoms with E-state index >= 15 is 0 Å². The van der Waals surface area contributed by atoms with Gasteiger partial charge in [0.1, 0.15) is 0 Å². The summed E-state index contributed by atoms with van der Waals surface area (Å²) in [5, 5.41) is 17.9. The number of hydrogen-bond acceptors (Lipinski definition) is 4. The van der Waals surface area contributed by atoms with Gasteiger partial charge < -0.3 is 15.7 Å². The molecule has 0 aliphatic heterocycles. The maximum atomic E-state index is 13.0. The molecule has 2 aliphatic carbocycles. The van der Waals surface area contributed by atoms with Gasteiger partial charge >= 0.3 is 0 Å². The first-order valence-corrected chi connectivity index (χ1v) is 13.0. The normalized spacial score (nSPS) is 31.1. The number of nitrogens with zero attached hydrogens (tertiary/aromatic N) is 1. The molecule has 3 N–H and O–H groups in total. The molecular weight excluding hydrogens is 438 g/mol. The van der Waals surface area contributed by atoms with Crippen LogP contribution >= 0.6 is 0 Å². The summed E-state index contributed by atoms with van der Waals surface area (Å²) in [6, 6.07) is 13.6. The van der Waals surface area contributed by atoms with Crippen molar-refractivity contribution >= 4 is 11.8 Å². The zero-order valence-corrected chi connectivity index (χ0v) is 21.1. The highest BCUT2D eigenvalue weighted by molar-refractivity contribution is 5.79. The zero-order chi connectivity index (χ0) is 25.0. The number of benzene rings is 1. The predicted octanol–water partition coefficient (Wildman–Crippen LogP) is 3.88. The monoisotopic (exact) mass is 477 g/mol. The lowest BCUT2D eigenvalue weighted by atomic mass is 9.51. The molecule has 2 aromatic rings. The maximum absolute atomic E-state index is 13.0. The number of aliphatic hydroxyl groups is 1. The average Bonchev–Trinajstić information content (AvgIpc) is 2.85. The number of nitrogens with one attached hydrogen (secondary N) is 2. The van der Waals surface area contributed by atoms with E-state index in [0.717, 1.165) is 36.8 Å². The van der Waals surface area contributed by atoms with E-state index in [4.69, 9.17) is 0 Å². The Labute approximate surface area is 208 Å². The van der Waals surface area contributed by atoms with E-state index in [-0.39, 0.29) is 46.9 Å². The van der Waals surface area contributed by atoms with Gasteiger partial charge in [-0.15, -0.1) is 0 Å². The molecule has 2 amide bonds. The van der Waals surface area contributed by atoms with Crippen molar-refractivity contribution in [1.29, 1.82) is 0 Å². The summed E-state index contributed by atoms with van der Waals surface area (Å²) in [7, 11) is 0. The van der Waals surface area contributed by atoms with E-state index in [2.05, 4.69) is 29.5 Å². The molecule has 2 saturated carbocycles. The molecule has 2 fully saturated rings. The molecule has 1 aromatic carbocycles. The van der Waals surface area contributed by atoms with E-state index < -0.39 is 6.10 Å². The average molecular weight is 478 g/mol. The lowest BCUT2D eigenvalue weighted by Crippen LogP contribution is -2.58. The third kappa shape index (κ3) is 5.75. The van der Waals surface area contributed by atoms with Gasteiger partial charge in [0.15, 0.2) is 0 Å². The Balaban J connectivity index is 1.39. The Morgan fingerprint density at radius 3 is 2.54 bits per heavy atom. The van der Waals surface area contributed by atoms with Crippen LogP contribution in [0.4, 0.5) is 0 Å². The van der Waals surface area contributed by atoms with Gasteiger partial charge in [-0.25, -0.2) is 0 Å². The lowest BCUT2D eigenvalue weighted by molar-refractivity contribution is -0.143. The van der Waals surface area contributed by atoms with Gasteiger partial charge in [0.25, 0.3) is 0 Å². The van der Waals surface area contributed by atoms with Crippen LogP contribution < -0.4 is 10.6 Å². The summed E-state index contributed by atoms with van der Waals surface area (Å²) in [6.45, 7) is 6.81. The number of carbonyl (C=O) groups excluding carboxylic acids is 2. The minimum atomic E-state index is -0.572. The van der Waals surface area contributed by atoms with Crippen LogP contribution in [0.1, 0.15) is 57.6 Å². The minimum absolute atomic E-state index is 0.0293. The van der Waals surface area contributed by atoms with Gasteiger partial charge in [-0.1, -0.05) is 57.2 Å². The summed E-state index contributed by atoms with van der Waals surface area (Å²) < 4.78 is 0. The standard InChI is InChI=1S/C29H39N3O3/c1-19(28(35)31-18-22-10-7-15-30-17-22)23-11-13-29(3)14-12-24(20(2)26(29)27(23)34)32-25(33)16-21-8-5-4-6-9-21/h4-10,15,17,19-20,23-24,26-27,34H,11-14,16,18H2,1-3H3,(H,31,35)(H,32,33)/t19-,20+,23?,24-,26+,27-,29-/m0/s1. The van der Waals surface area contributed by atoms with Crippen LogP contribution in [-0.4, -0.2) is 34.1 Å². The number of fused-ring (bicyclic) bond motifs is 1. The first-order valence-electron chi connectivity index (χ1n) is 13.0. The molecule has 4 rings (SSSR count). The van der Waals surface area contributed by atoms with Crippen molar-refractivity contribution < 1.29 is 14.7 Å². The Bertz CT molecular complexity index is 999. The molecule has 7 atom stereocenters. The molecule has 0 saturated heterocycles. The second-order valence-corrected chi connectivity index (χ2v) is 11.0. The third-order valence-corrected chi connectivity index (χ3v) is 8.69. The predicted molar refractivity (Wildman–Crippen MR) is 136 cm³/mol. The number of amides is 2. The fraction of sp³-hybridized carbons (Fsp3) is 0.552. The van der Waals surface area contributed by atoms with Crippen molar-refractivity contribution in [2.75, 3.05) is 0 Å². The minimum Gasteiger partial charge on any atom is -0.392 e. The van der Waals surface area contributed by atoms with Crippen LogP contribution in [-0.2, 0) is 22.6 Å². The highest BCUT2D eigenvalue weighted by Gasteiger charge is 2.53. The second kappa shape index (κ2) is 10.9. The van der Waals surface area contributed by atoms with Crippen LogP contribution in [0.2, 0.25) is 0 Å². The van der Waals surface area contributed by atoms with Crippen LogP contribution in [0.5, 0.6) is 0 Å². The highest BCUT2D eigenvalue weighted by Crippen LogP contribution is 2.55. The van der Waals surface area contributed by atoms with Gasteiger partial charge in [-0.3, -0.25) is 14.6 Å². The largest absolute Gasteiger partial charge is 0.392 e. The number of hydrogen-bond donors (Lipinski definition) is 3. The second-order valence-electron chi connectivity index (χ2n) is 11.0. The molecule has 6 heteroatoms. The molecule has 2 aliphatic rings. The molecule has 0 spiro atoms. The summed E-state index contributed by atoms with van der Waals surface area (Å²) in [5.74, 6) is -0.198. The molecule has 1 aromatic heterocycles. The molecule has 188 valence electrons. The van der Waals surface area contributed by atoms with Crippen LogP contribution in [0, 0.1) is 29.1 Å². The lowest BCUT2D eigenvalue weighted by Gasteiger charge is -2.56. The van der Waals surface area contributed by atoms with Crippen molar-refractivity contribution in [3.63, 3.8) is 0 Å². The zero-order valence-electron chi connectivity index (χ0n) is 21.1. The van der Waals surface area contributed by atoms with E-state index in [0.29, 0.717) is 13.0 Å². The topological polar surface area (TPSA) is 91.3 Å². The summed E-state index contributed by atoms with van der Waals surface area (Å²) in [5.41, 5.74) is 1.99. The number of aromatic nitrogens is 1. The number of rotatable bonds is 7. The Morgan fingerprint density at radius 2 is 1.83 bits per heavy atom. The Kier molecular flexibility index (Phi) is 7.90. The van der Waals surface area contributed by atoms with Crippen molar-refractivity contribution in [3.8, 4) is 0 Å². The first-order chi connectivity index (χ1) is 16.8. The summed E-state index contributed by atoms with van der Waals surface area (Å²) in [4.78, 5) is 29.8. The van der Waals surface area contributed by atoms with Crippen LogP contribution in [0.15, 0.2) is 54.9 Å². The Morgan fingerprint density at radius 1 is 1.11 bits per heavy atom. The first kappa shape index (κ1) is 25.4. The summed E-state index contributed by atoms with van der Waals surface area (Å²) >= 11 is 0.